The number of carbonyl (C=O) groups is 2. The lowest BCUT2D eigenvalue weighted by Crippen LogP contribution is -2.48. The van der Waals surface area contributed by atoms with Crippen molar-refractivity contribution in [2.24, 2.45) is 0 Å². The van der Waals surface area contributed by atoms with Crippen LogP contribution >= 0.6 is 11.3 Å². The third-order valence-corrected chi connectivity index (χ3v) is 7.20. The third kappa shape index (κ3) is 5.35. The largest absolute Gasteiger partial charge is 0.465 e. The Balaban J connectivity index is 1.28. The molecule has 0 saturated carbocycles. The minimum atomic E-state index is -0.433. The van der Waals surface area contributed by atoms with Gasteiger partial charge in [0.25, 0.3) is 0 Å². The normalized spacial score (nSPS) is 14.8. The molecule has 2 aromatic heterocycles. The Kier molecular flexibility index (Phi) is 7.40. The number of ether oxygens (including phenoxy) is 1. The number of benzene rings is 1. The summed E-state index contributed by atoms with van der Waals surface area (Å²) >= 11 is 1.40. The second-order valence-corrected chi connectivity index (χ2v) is 9.63. The van der Waals surface area contributed by atoms with Crippen LogP contribution in [0.15, 0.2) is 28.8 Å². The molecule has 4 rings (SSSR count). The average molecular weight is 484 g/mol. The van der Waals surface area contributed by atoms with Crippen LogP contribution in [0.2, 0.25) is 0 Å². The SMILES string of the molecule is COC(=O)c1c(NC(=O)CN2CCN(Cc3nc(-c4ccccc4C)no3)CC2)sc(C)c1C. The number of nitrogens with one attached hydrogen (secondary N) is 1. The van der Waals surface area contributed by atoms with Crippen LogP contribution in [0.1, 0.15) is 32.3 Å². The molecule has 1 aromatic carbocycles. The molecule has 1 fully saturated rings. The predicted molar refractivity (Wildman–Crippen MR) is 130 cm³/mol. The molecular formula is C24H29N5O4S. The van der Waals surface area contributed by atoms with Crippen LogP contribution in [0.3, 0.4) is 0 Å². The molecule has 3 heterocycles. The summed E-state index contributed by atoms with van der Waals surface area (Å²) < 4.78 is 10.3. The lowest BCUT2D eigenvalue weighted by Gasteiger charge is -2.33. The molecule has 0 unspecified atom stereocenters. The van der Waals surface area contributed by atoms with Crippen molar-refractivity contribution in [3.05, 3.63) is 51.7 Å². The van der Waals surface area contributed by atoms with E-state index in [-0.39, 0.29) is 12.5 Å². The number of hydrogen-bond donors (Lipinski definition) is 1. The molecule has 1 saturated heterocycles. The zero-order chi connectivity index (χ0) is 24.2. The second kappa shape index (κ2) is 10.5. The minimum absolute atomic E-state index is 0.139. The fourth-order valence-corrected chi connectivity index (χ4v) is 5.05. The van der Waals surface area contributed by atoms with Gasteiger partial charge in [-0.2, -0.15) is 4.98 Å². The smallest absolute Gasteiger partial charge is 0.341 e. The summed E-state index contributed by atoms with van der Waals surface area (Å²) in [6.07, 6.45) is 0. The van der Waals surface area contributed by atoms with Gasteiger partial charge in [0.15, 0.2) is 0 Å². The second-order valence-electron chi connectivity index (χ2n) is 8.41. The van der Waals surface area contributed by atoms with Gasteiger partial charge in [0.2, 0.25) is 17.6 Å². The van der Waals surface area contributed by atoms with Crippen molar-refractivity contribution in [1.82, 2.24) is 19.9 Å². The Labute approximate surface area is 202 Å². The summed E-state index contributed by atoms with van der Waals surface area (Å²) in [5, 5.41) is 7.58. The molecule has 0 aliphatic carbocycles. The van der Waals surface area contributed by atoms with Crippen molar-refractivity contribution in [3.63, 3.8) is 0 Å². The Hall–Kier alpha value is -3.08. The van der Waals surface area contributed by atoms with E-state index >= 15 is 0 Å². The average Bonchev–Trinajstić information content (AvgIpc) is 3.39. The molecule has 0 bridgehead atoms. The Morgan fingerprint density at radius 2 is 1.82 bits per heavy atom. The van der Waals surface area contributed by atoms with E-state index in [4.69, 9.17) is 9.26 Å². The van der Waals surface area contributed by atoms with Crippen molar-refractivity contribution in [2.75, 3.05) is 45.2 Å². The molecule has 180 valence electrons. The summed E-state index contributed by atoms with van der Waals surface area (Å²) in [6.45, 7) is 9.74. The standard InChI is InChI=1S/C24H29N5O4S/c1-15-7-5-6-8-18(15)22-26-20(33-27-22)14-29-11-9-28(10-12-29)13-19(30)25-23-21(24(31)32-4)16(2)17(3)34-23/h5-8H,9-14H2,1-4H3,(H,25,30). The number of methoxy groups -OCH3 is 1. The first-order valence-electron chi connectivity index (χ1n) is 11.2. The quantitative estimate of drug-likeness (QED) is 0.511. The maximum Gasteiger partial charge on any atom is 0.341 e. The van der Waals surface area contributed by atoms with Gasteiger partial charge in [0.1, 0.15) is 5.00 Å². The number of aromatic nitrogens is 2. The third-order valence-electron chi connectivity index (χ3n) is 6.07. The van der Waals surface area contributed by atoms with Gasteiger partial charge in [-0.25, -0.2) is 4.79 Å². The molecule has 3 aromatic rings. The Morgan fingerprint density at radius 1 is 1.12 bits per heavy atom. The van der Waals surface area contributed by atoms with Crippen LogP contribution in [0, 0.1) is 20.8 Å². The highest BCUT2D eigenvalue weighted by Crippen LogP contribution is 2.33. The van der Waals surface area contributed by atoms with E-state index < -0.39 is 5.97 Å². The van der Waals surface area contributed by atoms with Crippen LogP contribution in [-0.4, -0.2) is 71.7 Å². The first kappa shape index (κ1) is 24.1. The van der Waals surface area contributed by atoms with E-state index in [1.54, 1.807) is 0 Å². The molecule has 34 heavy (non-hydrogen) atoms. The summed E-state index contributed by atoms with van der Waals surface area (Å²) in [7, 11) is 1.34. The number of piperazine rings is 1. The molecule has 1 aliphatic rings. The van der Waals surface area contributed by atoms with Crippen molar-refractivity contribution >= 4 is 28.2 Å². The zero-order valence-electron chi connectivity index (χ0n) is 19.9. The number of esters is 1. The van der Waals surface area contributed by atoms with Gasteiger partial charge in [-0.1, -0.05) is 29.4 Å². The number of anilines is 1. The molecule has 1 N–H and O–H groups in total. The zero-order valence-corrected chi connectivity index (χ0v) is 20.7. The molecular weight excluding hydrogens is 454 g/mol. The summed E-state index contributed by atoms with van der Waals surface area (Å²) in [5.41, 5.74) is 3.35. The Morgan fingerprint density at radius 3 is 2.53 bits per heavy atom. The van der Waals surface area contributed by atoms with Crippen LogP contribution < -0.4 is 5.32 Å². The van der Waals surface area contributed by atoms with Gasteiger partial charge in [-0.15, -0.1) is 11.3 Å². The summed E-state index contributed by atoms with van der Waals surface area (Å²) in [6, 6.07) is 7.96. The van der Waals surface area contributed by atoms with Crippen molar-refractivity contribution in [3.8, 4) is 11.4 Å². The van der Waals surface area contributed by atoms with Gasteiger partial charge in [0.05, 0.1) is 25.8 Å². The molecule has 0 atom stereocenters. The van der Waals surface area contributed by atoms with Crippen LogP contribution in [0.5, 0.6) is 0 Å². The number of rotatable bonds is 7. The lowest BCUT2D eigenvalue weighted by atomic mass is 10.1. The highest BCUT2D eigenvalue weighted by molar-refractivity contribution is 7.16. The van der Waals surface area contributed by atoms with Crippen LogP contribution in [0.4, 0.5) is 5.00 Å². The number of hydrogen-bond acceptors (Lipinski definition) is 9. The van der Waals surface area contributed by atoms with Gasteiger partial charge >= 0.3 is 5.97 Å². The maximum atomic E-state index is 12.7. The molecule has 0 spiro atoms. The monoisotopic (exact) mass is 483 g/mol. The van der Waals surface area contributed by atoms with Gasteiger partial charge in [-0.3, -0.25) is 14.6 Å². The Bertz CT molecular complexity index is 1180. The highest BCUT2D eigenvalue weighted by Gasteiger charge is 2.24. The van der Waals surface area contributed by atoms with E-state index in [2.05, 4.69) is 25.3 Å². The molecule has 9 nitrogen and oxygen atoms in total. The topological polar surface area (TPSA) is 101 Å². The first-order chi connectivity index (χ1) is 16.4. The fourth-order valence-electron chi connectivity index (χ4n) is 3.98. The van der Waals surface area contributed by atoms with E-state index in [1.165, 1.54) is 18.4 Å². The number of aryl methyl sites for hydroxylation is 2. The van der Waals surface area contributed by atoms with Crippen LogP contribution in [-0.2, 0) is 16.1 Å². The van der Waals surface area contributed by atoms with Gasteiger partial charge in [0, 0.05) is 36.6 Å². The highest BCUT2D eigenvalue weighted by atomic mass is 32.1. The van der Waals surface area contributed by atoms with Gasteiger partial charge < -0.3 is 14.6 Å². The predicted octanol–water partition coefficient (Wildman–Crippen LogP) is 3.27. The fraction of sp³-hybridized carbons (Fsp3) is 0.417. The number of thiophene rings is 1. The molecule has 0 radical (unpaired) electrons. The molecule has 1 amide bonds. The minimum Gasteiger partial charge on any atom is -0.465 e. The summed E-state index contributed by atoms with van der Waals surface area (Å²) in [5.74, 6) is 0.619. The number of nitrogens with zero attached hydrogens (tertiary/aromatic N) is 4. The molecule has 1 aliphatic heterocycles. The number of carbonyl (C=O) groups excluding carboxylic acids is 2. The first-order valence-corrected chi connectivity index (χ1v) is 12.0. The van der Waals surface area contributed by atoms with Crippen LogP contribution in [0.25, 0.3) is 11.4 Å². The lowest BCUT2D eigenvalue weighted by molar-refractivity contribution is -0.117. The van der Waals surface area contributed by atoms with Crippen molar-refractivity contribution in [2.45, 2.75) is 27.3 Å². The number of amides is 1. The van der Waals surface area contributed by atoms with E-state index in [0.717, 1.165) is 47.7 Å². The van der Waals surface area contributed by atoms with Crippen molar-refractivity contribution < 1.29 is 18.8 Å². The van der Waals surface area contributed by atoms with Gasteiger partial charge in [-0.05, 0) is 31.9 Å². The maximum absolute atomic E-state index is 12.7. The summed E-state index contributed by atoms with van der Waals surface area (Å²) in [4.78, 5) is 34.7. The van der Waals surface area contributed by atoms with E-state index in [9.17, 15) is 9.59 Å². The van der Waals surface area contributed by atoms with E-state index in [0.29, 0.717) is 28.8 Å². The van der Waals surface area contributed by atoms with Crippen molar-refractivity contribution in [1.29, 1.82) is 0 Å². The molecule has 10 heteroatoms. The van der Waals surface area contributed by atoms with E-state index in [1.807, 2.05) is 45.0 Å².